The number of aromatic carboxylic acids is 5. The maximum Gasteiger partial charge on any atom is 0.335 e. The normalized spacial score (nSPS) is 8.81. The second-order valence-corrected chi connectivity index (χ2v) is 14.0. The van der Waals surface area contributed by atoms with Crippen molar-refractivity contribution in [3.8, 4) is 0 Å². The Hall–Kier alpha value is -8.11. The molecule has 0 heterocycles. The number of carbonyl (C=O) groups is 5. The standard InChI is InChI=1S/5C8H8O2.2C7H8.2C2H6/c1-6-2-4-7(5-3-6)8(9)10;2*1-6-3-2-4-7(5-6)8(9)10;2*1-6-4-2-3-5-7(6)8(9)10;2*1-7-5-3-2-4-6-7;2*1-2/h5*2-5H,1H3,(H,9,10);2*2-6H,1H3;2*1-2H3/p-3. The molecule has 0 unspecified atom stereocenters. The van der Waals surface area contributed by atoms with Crippen molar-refractivity contribution >= 4 is 29.8 Å². The number of hydrogen-bond donors (Lipinski definition) is 2. The Bertz CT molecular complexity index is 2350. The lowest BCUT2D eigenvalue weighted by atomic mass is 10.1. The van der Waals surface area contributed by atoms with Gasteiger partial charge in [-0.15, -0.1) is 0 Å². The van der Waals surface area contributed by atoms with Crippen LogP contribution in [0.2, 0.25) is 0 Å². The fraction of sp³-hybridized carbons (Fsp3) is 0.190. The maximum atomic E-state index is 10.4. The fourth-order valence-corrected chi connectivity index (χ4v) is 4.92. The first-order chi connectivity index (χ1) is 32.3. The Balaban J connectivity index is 0. The maximum absolute atomic E-state index is 10.4. The summed E-state index contributed by atoms with van der Waals surface area (Å²) in [6, 6.07) is 54.2. The zero-order valence-corrected chi connectivity index (χ0v) is 41.0. The van der Waals surface area contributed by atoms with Crippen LogP contribution in [-0.2, 0) is 0 Å². The van der Waals surface area contributed by atoms with Gasteiger partial charge in [-0.2, -0.15) is 0 Å². The first-order valence-electron chi connectivity index (χ1n) is 21.8. The first kappa shape index (κ1) is 62.0. The first-order valence-corrected chi connectivity index (χ1v) is 21.8. The highest BCUT2D eigenvalue weighted by atomic mass is 16.4. The van der Waals surface area contributed by atoms with Crippen LogP contribution < -0.4 is 15.3 Å². The number of carbonyl (C=O) groups excluding carboxylic acids is 3. The van der Waals surface area contributed by atoms with Crippen LogP contribution in [0.4, 0.5) is 0 Å². The van der Waals surface area contributed by atoms with Crippen LogP contribution in [0, 0.1) is 48.5 Å². The molecular formula is C58H65O10-3. The summed E-state index contributed by atoms with van der Waals surface area (Å²) in [7, 11) is 0. The van der Waals surface area contributed by atoms with Crippen molar-refractivity contribution in [2.45, 2.75) is 76.2 Å². The van der Waals surface area contributed by atoms with Crippen molar-refractivity contribution in [1.29, 1.82) is 0 Å². The van der Waals surface area contributed by atoms with Gasteiger partial charge < -0.3 is 39.9 Å². The van der Waals surface area contributed by atoms with E-state index in [9.17, 15) is 39.3 Å². The Morgan fingerprint density at radius 2 is 0.632 bits per heavy atom. The summed E-state index contributed by atoms with van der Waals surface area (Å²) < 4.78 is 0. The van der Waals surface area contributed by atoms with Gasteiger partial charge in [0.2, 0.25) is 0 Å². The fourth-order valence-electron chi connectivity index (χ4n) is 4.92. The number of carboxylic acid groups (broad SMARTS) is 5. The van der Waals surface area contributed by atoms with Gasteiger partial charge in [-0.05, 0) is 88.9 Å². The van der Waals surface area contributed by atoms with Crippen LogP contribution in [0.15, 0.2) is 182 Å². The molecule has 0 radical (unpaired) electrons. The molecule has 0 bridgehead atoms. The molecule has 0 aliphatic rings. The van der Waals surface area contributed by atoms with Gasteiger partial charge >= 0.3 is 11.9 Å². The third-order valence-corrected chi connectivity index (χ3v) is 8.43. The molecule has 10 heteroatoms. The van der Waals surface area contributed by atoms with E-state index in [1.165, 1.54) is 35.4 Å². The topological polar surface area (TPSA) is 195 Å². The smallest absolute Gasteiger partial charge is 0.335 e. The SMILES string of the molecule is CC.CC.Cc1ccc(C(=O)[O-])cc1.Cc1cccc(C(=O)O)c1.Cc1cccc(C(=O)[O-])c1.Cc1ccccc1.Cc1ccccc1.Cc1ccccc1C(=O)O.Cc1ccccc1C(=O)[O-]. The van der Waals surface area contributed by atoms with Crippen molar-refractivity contribution in [2.75, 3.05) is 0 Å². The van der Waals surface area contributed by atoms with Gasteiger partial charge in [-0.1, -0.05) is 219 Å². The Kier molecular flexibility index (Phi) is 33.9. The van der Waals surface area contributed by atoms with Gasteiger partial charge in [0.25, 0.3) is 0 Å². The summed E-state index contributed by atoms with van der Waals surface area (Å²) in [5.41, 5.74) is 8.59. The monoisotopic (exact) mass is 921 g/mol. The van der Waals surface area contributed by atoms with Crippen molar-refractivity contribution in [3.63, 3.8) is 0 Å². The van der Waals surface area contributed by atoms with Crippen LogP contribution in [0.3, 0.4) is 0 Å². The quantitative estimate of drug-likeness (QED) is 0.168. The lowest BCUT2D eigenvalue weighted by Crippen LogP contribution is -2.23. The number of carboxylic acids is 5. The molecule has 0 saturated carbocycles. The molecule has 7 aromatic rings. The van der Waals surface area contributed by atoms with Crippen LogP contribution in [-0.4, -0.2) is 40.1 Å². The minimum absolute atomic E-state index is 0.227. The van der Waals surface area contributed by atoms with E-state index in [1.807, 2.05) is 103 Å². The second-order valence-electron chi connectivity index (χ2n) is 14.0. The average molecular weight is 922 g/mol. The molecule has 10 nitrogen and oxygen atoms in total. The van der Waals surface area contributed by atoms with Crippen LogP contribution in [0.5, 0.6) is 0 Å². The highest BCUT2D eigenvalue weighted by Gasteiger charge is 2.03. The molecule has 0 atom stereocenters. The van der Waals surface area contributed by atoms with Gasteiger partial charge in [-0.3, -0.25) is 0 Å². The highest BCUT2D eigenvalue weighted by molar-refractivity contribution is 5.89. The van der Waals surface area contributed by atoms with E-state index >= 15 is 0 Å². The summed E-state index contributed by atoms with van der Waals surface area (Å²) in [5, 5.41) is 47.8. The second kappa shape index (κ2) is 37.1. The van der Waals surface area contributed by atoms with Gasteiger partial charge in [0.05, 0.1) is 29.0 Å². The summed E-state index contributed by atoms with van der Waals surface area (Å²) in [4.78, 5) is 51.5. The largest absolute Gasteiger partial charge is 0.545 e. The molecule has 2 N–H and O–H groups in total. The van der Waals surface area contributed by atoms with E-state index < -0.39 is 29.8 Å². The van der Waals surface area contributed by atoms with Gasteiger partial charge in [-0.25, -0.2) is 9.59 Å². The third-order valence-electron chi connectivity index (χ3n) is 8.43. The molecule has 0 spiro atoms. The van der Waals surface area contributed by atoms with Crippen LogP contribution >= 0.6 is 0 Å². The Morgan fingerprint density at radius 1 is 0.309 bits per heavy atom. The van der Waals surface area contributed by atoms with Gasteiger partial charge in [0, 0.05) is 5.56 Å². The molecule has 0 aliphatic heterocycles. The molecule has 7 rings (SSSR count). The summed E-state index contributed by atoms with van der Waals surface area (Å²) in [6.07, 6.45) is 0. The third kappa shape index (κ3) is 29.4. The number of benzene rings is 7. The highest BCUT2D eigenvalue weighted by Crippen LogP contribution is 2.07. The lowest BCUT2D eigenvalue weighted by Gasteiger charge is -2.03. The molecule has 7 aromatic carbocycles. The molecule has 0 aromatic heterocycles. The molecule has 0 saturated heterocycles. The van der Waals surface area contributed by atoms with Crippen molar-refractivity contribution in [2.24, 2.45) is 0 Å². The van der Waals surface area contributed by atoms with Crippen molar-refractivity contribution < 1.29 is 49.5 Å². The van der Waals surface area contributed by atoms with Crippen molar-refractivity contribution in [3.05, 3.63) is 249 Å². The van der Waals surface area contributed by atoms with Gasteiger partial charge in [0.1, 0.15) is 0 Å². The van der Waals surface area contributed by atoms with E-state index in [0.29, 0.717) is 11.1 Å². The van der Waals surface area contributed by atoms with E-state index in [0.717, 1.165) is 27.8 Å². The van der Waals surface area contributed by atoms with Crippen LogP contribution in [0.25, 0.3) is 0 Å². The molecule has 0 fully saturated rings. The summed E-state index contributed by atoms with van der Waals surface area (Å²) in [5.74, 6) is -5.09. The van der Waals surface area contributed by atoms with E-state index in [2.05, 4.69) is 38.1 Å². The van der Waals surface area contributed by atoms with Crippen LogP contribution in [0.1, 0.15) is 118 Å². The Morgan fingerprint density at radius 3 is 0.882 bits per heavy atom. The number of hydrogen-bond acceptors (Lipinski definition) is 8. The minimum atomic E-state index is -1.12. The lowest BCUT2D eigenvalue weighted by molar-refractivity contribution is -0.256. The molecule has 0 aliphatic carbocycles. The minimum Gasteiger partial charge on any atom is -0.545 e. The zero-order chi connectivity index (χ0) is 52.0. The molecule has 0 amide bonds. The molecule has 68 heavy (non-hydrogen) atoms. The van der Waals surface area contributed by atoms with E-state index in [-0.39, 0.29) is 16.7 Å². The zero-order valence-electron chi connectivity index (χ0n) is 41.0. The average Bonchev–Trinajstić information content (AvgIpc) is 3.32. The number of rotatable bonds is 5. The van der Waals surface area contributed by atoms with Crippen molar-refractivity contribution in [1.82, 2.24) is 0 Å². The Labute approximate surface area is 402 Å². The summed E-state index contributed by atoms with van der Waals surface area (Å²) in [6.45, 7) is 21.3. The predicted octanol–water partition coefficient (Wildman–Crippen LogP) is 10.5. The van der Waals surface area contributed by atoms with E-state index in [4.69, 9.17) is 10.2 Å². The predicted molar refractivity (Wildman–Crippen MR) is 268 cm³/mol. The molecule has 360 valence electrons. The number of aryl methyl sites for hydroxylation is 7. The van der Waals surface area contributed by atoms with Gasteiger partial charge in [0.15, 0.2) is 0 Å². The van der Waals surface area contributed by atoms with E-state index in [1.54, 1.807) is 92.7 Å². The summed E-state index contributed by atoms with van der Waals surface area (Å²) >= 11 is 0. The molecular weight excluding hydrogens is 857 g/mol.